The van der Waals surface area contributed by atoms with Crippen LogP contribution in [0, 0.1) is 0 Å². The number of methoxy groups -OCH3 is 3. The van der Waals surface area contributed by atoms with E-state index in [-0.39, 0.29) is 0 Å². The van der Waals surface area contributed by atoms with Gasteiger partial charge in [0.25, 0.3) is 0 Å². The third-order valence-electron chi connectivity index (χ3n) is 2.69. The van der Waals surface area contributed by atoms with Gasteiger partial charge >= 0.3 is 0 Å². The molecule has 0 radical (unpaired) electrons. The van der Waals surface area contributed by atoms with Gasteiger partial charge in [0, 0.05) is 4.90 Å². The number of nitrogens with zero attached hydrogens (tertiary/aromatic N) is 1. The van der Waals surface area contributed by atoms with Crippen molar-refractivity contribution in [2.45, 2.75) is 22.4 Å². The second-order valence-electron chi connectivity index (χ2n) is 3.89. The molecule has 0 N–H and O–H groups in total. The Labute approximate surface area is 127 Å². The molecule has 0 saturated carbocycles. The fourth-order valence-electron chi connectivity index (χ4n) is 1.74. The van der Waals surface area contributed by atoms with E-state index in [9.17, 15) is 0 Å². The molecule has 108 valence electrons. The summed E-state index contributed by atoms with van der Waals surface area (Å²) in [4.78, 5) is 5.39. The standard InChI is InChI=1S/C14H17NO3S2/c1-5-12-15-8-13(20-12)19-9-6-10(16-2)14(18-4)11(7-9)17-3/h6-8H,5H2,1-4H3. The molecule has 0 atom stereocenters. The number of aromatic nitrogens is 1. The van der Waals surface area contributed by atoms with Crippen LogP contribution >= 0.6 is 23.1 Å². The van der Waals surface area contributed by atoms with Crippen LogP contribution in [0.3, 0.4) is 0 Å². The van der Waals surface area contributed by atoms with E-state index in [1.807, 2.05) is 18.3 Å². The van der Waals surface area contributed by atoms with Crippen LogP contribution in [0.25, 0.3) is 0 Å². The Kier molecular flexibility index (Phi) is 5.14. The van der Waals surface area contributed by atoms with Crippen molar-refractivity contribution in [3.8, 4) is 17.2 Å². The van der Waals surface area contributed by atoms with E-state index in [1.165, 1.54) is 0 Å². The van der Waals surface area contributed by atoms with Crippen molar-refractivity contribution in [3.63, 3.8) is 0 Å². The van der Waals surface area contributed by atoms with Crippen LogP contribution in [-0.2, 0) is 6.42 Å². The molecular weight excluding hydrogens is 294 g/mol. The number of aryl methyl sites for hydroxylation is 1. The Morgan fingerprint density at radius 2 is 1.75 bits per heavy atom. The summed E-state index contributed by atoms with van der Waals surface area (Å²) in [6.45, 7) is 2.10. The van der Waals surface area contributed by atoms with Crippen molar-refractivity contribution < 1.29 is 14.2 Å². The second kappa shape index (κ2) is 6.85. The molecule has 0 aliphatic rings. The Bertz CT molecular complexity index is 559. The number of ether oxygens (including phenoxy) is 3. The van der Waals surface area contributed by atoms with Gasteiger partial charge in [0.05, 0.1) is 36.7 Å². The van der Waals surface area contributed by atoms with Gasteiger partial charge in [0.15, 0.2) is 11.5 Å². The van der Waals surface area contributed by atoms with E-state index in [4.69, 9.17) is 14.2 Å². The first-order valence-corrected chi connectivity index (χ1v) is 7.77. The lowest BCUT2D eigenvalue weighted by Crippen LogP contribution is -1.95. The van der Waals surface area contributed by atoms with Crippen molar-refractivity contribution in [2.24, 2.45) is 0 Å². The maximum Gasteiger partial charge on any atom is 0.203 e. The molecular formula is C14H17NO3S2. The molecule has 1 heterocycles. The van der Waals surface area contributed by atoms with Crippen LogP contribution < -0.4 is 14.2 Å². The largest absolute Gasteiger partial charge is 0.493 e. The summed E-state index contributed by atoms with van der Waals surface area (Å²) >= 11 is 3.35. The zero-order valence-electron chi connectivity index (χ0n) is 11.9. The maximum atomic E-state index is 5.35. The Morgan fingerprint density at radius 3 is 2.20 bits per heavy atom. The number of benzene rings is 1. The van der Waals surface area contributed by atoms with Crippen LogP contribution in [-0.4, -0.2) is 26.3 Å². The maximum absolute atomic E-state index is 5.35. The summed E-state index contributed by atoms with van der Waals surface area (Å²) in [5, 5.41) is 1.14. The minimum atomic E-state index is 0.609. The monoisotopic (exact) mass is 311 g/mol. The van der Waals surface area contributed by atoms with Gasteiger partial charge in [-0.25, -0.2) is 4.98 Å². The topological polar surface area (TPSA) is 40.6 Å². The quantitative estimate of drug-likeness (QED) is 0.809. The molecule has 0 aliphatic heterocycles. The van der Waals surface area contributed by atoms with Crippen LogP contribution in [0.1, 0.15) is 11.9 Å². The summed E-state index contributed by atoms with van der Waals surface area (Å²) in [7, 11) is 4.84. The molecule has 0 saturated heterocycles. The molecule has 1 aromatic carbocycles. The molecule has 0 fully saturated rings. The number of thiazole rings is 1. The van der Waals surface area contributed by atoms with Gasteiger partial charge in [-0.15, -0.1) is 11.3 Å². The van der Waals surface area contributed by atoms with Gasteiger partial charge in [0.1, 0.15) is 0 Å². The van der Waals surface area contributed by atoms with E-state index >= 15 is 0 Å². The fourth-order valence-corrected chi connectivity index (χ4v) is 3.74. The first-order valence-electron chi connectivity index (χ1n) is 6.14. The molecule has 0 spiro atoms. The Hall–Kier alpha value is -1.40. The normalized spacial score (nSPS) is 10.4. The summed E-state index contributed by atoms with van der Waals surface area (Å²) in [5.74, 6) is 1.93. The van der Waals surface area contributed by atoms with Crippen molar-refractivity contribution >= 4 is 23.1 Å². The second-order valence-corrected chi connectivity index (χ2v) is 6.38. The molecule has 0 unspecified atom stereocenters. The molecule has 0 aliphatic carbocycles. The Balaban J connectivity index is 2.31. The van der Waals surface area contributed by atoms with Gasteiger partial charge in [-0.05, 0) is 18.6 Å². The van der Waals surface area contributed by atoms with E-state index in [0.717, 1.165) is 20.5 Å². The zero-order valence-corrected chi connectivity index (χ0v) is 13.6. The molecule has 0 amide bonds. The molecule has 1 aromatic heterocycles. The number of rotatable bonds is 6. The van der Waals surface area contributed by atoms with Gasteiger partial charge < -0.3 is 14.2 Å². The van der Waals surface area contributed by atoms with E-state index in [2.05, 4.69) is 11.9 Å². The number of hydrogen-bond donors (Lipinski definition) is 0. The van der Waals surface area contributed by atoms with Gasteiger partial charge in [-0.1, -0.05) is 18.7 Å². The van der Waals surface area contributed by atoms with E-state index in [1.54, 1.807) is 44.4 Å². The van der Waals surface area contributed by atoms with Crippen LogP contribution in [0.5, 0.6) is 17.2 Å². The van der Waals surface area contributed by atoms with Crippen molar-refractivity contribution in [1.82, 2.24) is 4.98 Å². The Morgan fingerprint density at radius 1 is 1.10 bits per heavy atom. The summed E-state index contributed by atoms with van der Waals surface area (Å²) in [6.07, 6.45) is 2.86. The van der Waals surface area contributed by atoms with Crippen molar-refractivity contribution in [2.75, 3.05) is 21.3 Å². The molecule has 20 heavy (non-hydrogen) atoms. The third-order valence-corrected chi connectivity index (χ3v) is 4.91. The third kappa shape index (κ3) is 3.19. The highest BCUT2D eigenvalue weighted by Gasteiger charge is 2.14. The average Bonchev–Trinajstić information content (AvgIpc) is 2.93. The zero-order chi connectivity index (χ0) is 14.5. The predicted octanol–water partition coefficient (Wildman–Crippen LogP) is 3.88. The summed E-state index contributed by atoms with van der Waals surface area (Å²) in [6, 6.07) is 3.88. The minimum absolute atomic E-state index is 0.609. The SMILES string of the molecule is CCc1ncc(Sc2cc(OC)c(OC)c(OC)c2)s1. The molecule has 2 aromatic rings. The average molecular weight is 311 g/mol. The minimum Gasteiger partial charge on any atom is -0.493 e. The first kappa shape index (κ1) is 15.0. The highest BCUT2D eigenvalue weighted by molar-refractivity contribution is 8.01. The highest BCUT2D eigenvalue weighted by Crippen LogP contribution is 2.43. The van der Waals surface area contributed by atoms with E-state index < -0.39 is 0 Å². The van der Waals surface area contributed by atoms with Crippen molar-refractivity contribution in [1.29, 1.82) is 0 Å². The van der Waals surface area contributed by atoms with Crippen LogP contribution in [0.2, 0.25) is 0 Å². The smallest absolute Gasteiger partial charge is 0.203 e. The lowest BCUT2D eigenvalue weighted by molar-refractivity contribution is 0.323. The fraction of sp³-hybridized carbons (Fsp3) is 0.357. The summed E-state index contributed by atoms with van der Waals surface area (Å²) < 4.78 is 17.2. The molecule has 0 bridgehead atoms. The van der Waals surface area contributed by atoms with Crippen LogP contribution in [0.4, 0.5) is 0 Å². The first-order chi connectivity index (χ1) is 9.71. The van der Waals surface area contributed by atoms with Crippen LogP contribution in [0.15, 0.2) is 27.4 Å². The highest BCUT2D eigenvalue weighted by atomic mass is 32.2. The molecule has 6 heteroatoms. The molecule has 2 rings (SSSR count). The van der Waals surface area contributed by atoms with Gasteiger partial charge in [-0.3, -0.25) is 0 Å². The van der Waals surface area contributed by atoms with Gasteiger partial charge in [0.2, 0.25) is 5.75 Å². The van der Waals surface area contributed by atoms with E-state index in [0.29, 0.717) is 17.2 Å². The van der Waals surface area contributed by atoms with Gasteiger partial charge in [-0.2, -0.15) is 0 Å². The predicted molar refractivity (Wildman–Crippen MR) is 81.7 cm³/mol. The molecule has 4 nitrogen and oxygen atoms in total. The summed E-state index contributed by atoms with van der Waals surface area (Å²) in [5.41, 5.74) is 0. The lowest BCUT2D eigenvalue weighted by atomic mass is 10.3. The number of hydrogen-bond acceptors (Lipinski definition) is 6. The lowest BCUT2D eigenvalue weighted by Gasteiger charge is -2.13. The van der Waals surface area contributed by atoms with Crippen molar-refractivity contribution in [3.05, 3.63) is 23.3 Å².